The van der Waals surface area contributed by atoms with Crippen molar-refractivity contribution in [2.75, 3.05) is 18.4 Å². The average Bonchev–Trinajstić information content (AvgIpc) is 2.66. The van der Waals surface area contributed by atoms with Crippen LogP contribution in [0.3, 0.4) is 0 Å². The predicted octanol–water partition coefficient (Wildman–Crippen LogP) is 3.39. The second kappa shape index (κ2) is 8.14. The van der Waals surface area contributed by atoms with Crippen molar-refractivity contribution in [3.05, 3.63) is 60.2 Å². The number of nitrogens with one attached hydrogen (secondary N) is 1. The first-order valence-electron chi connectivity index (χ1n) is 8.66. The number of amides is 1. The Bertz CT molecular complexity index is 912. The van der Waals surface area contributed by atoms with Crippen molar-refractivity contribution >= 4 is 21.6 Å². The minimum absolute atomic E-state index is 0.0394. The molecule has 2 aromatic rings. The van der Waals surface area contributed by atoms with Crippen molar-refractivity contribution < 1.29 is 22.0 Å². The Morgan fingerprint density at radius 1 is 1.04 bits per heavy atom. The van der Waals surface area contributed by atoms with E-state index in [9.17, 15) is 22.0 Å². The summed E-state index contributed by atoms with van der Waals surface area (Å²) in [7, 11) is -3.52. The van der Waals surface area contributed by atoms with Crippen LogP contribution < -0.4 is 5.32 Å². The molecule has 2 aromatic carbocycles. The number of halogens is 2. The summed E-state index contributed by atoms with van der Waals surface area (Å²) in [6.45, 7) is 0.695. The van der Waals surface area contributed by atoms with E-state index in [1.165, 1.54) is 10.4 Å². The number of sulfonamides is 1. The van der Waals surface area contributed by atoms with Crippen LogP contribution in [0.15, 0.2) is 53.4 Å². The molecule has 1 fully saturated rings. The highest BCUT2D eigenvalue weighted by Gasteiger charge is 2.30. The van der Waals surface area contributed by atoms with Gasteiger partial charge in [0.15, 0.2) is 11.6 Å². The van der Waals surface area contributed by atoms with Gasteiger partial charge in [0.1, 0.15) is 0 Å². The van der Waals surface area contributed by atoms with E-state index in [2.05, 4.69) is 5.32 Å². The summed E-state index contributed by atoms with van der Waals surface area (Å²) in [5.41, 5.74) is 0.197. The molecule has 144 valence electrons. The standard InChI is InChI=1S/C19H20F2N2O3S/c20-17-7-6-15(13-18(17)21)22-19(24)12-14-8-10-23(11-9-14)27(25,26)16-4-2-1-3-5-16/h1-7,13-14H,8-12H2,(H,22,24). The van der Waals surface area contributed by atoms with Crippen LogP contribution in [0.25, 0.3) is 0 Å². The molecule has 27 heavy (non-hydrogen) atoms. The highest BCUT2D eigenvalue weighted by Crippen LogP contribution is 2.26. The second-order valence-electron chi connectivity index (χ2n) is 6.54. The van der Waals surface area contributed by atoms with Crippen molar-refractivity contribution in [1.29, 1.82) is 0 Å². The fraction of sp³-hybridized carbons (Fsp3) is 0.316. The normalized spacial score (nSPS) is 16.2. The maximum absolute atomic E-state index is 13.2. The summed E-state index contributed by atoms with van der Waals surface area (Å²) >= 11 is 0. The van der Waals surface area contributed by atoms with Crippen molar-refractivity contribution in [2.45, 2.75) is 24.2 Å². The lowest BCUT2D eigenvalue weighted by Gasteiger charge is -2.31. The molecule has 0 unspecified atom stereocenters. The van der Waals surface area contributed by atoms with Crippen molar-refractivity contribution in [3.63, 3.8) is 0 Å². The zero-order chi connectivity index (χ0) is 19.4. The molecule has 1 N–H and O–H groups in total. The molecule has 3 rings (SSSR count). The summed E-state index contributed by atoms with van der Waals surface area (Å²) in [5, 5.41) is 2.55. The lowest BCUT2D eigenvalue weighted by Crippen LogP contribution is -2.39. The lowest BCUT2D eigenvalue weighted by molar-refractivity contribution is -0.117. The average molecular weight is 394 g/mol. The molecule has 1 amide bonds. The summed E-state index contributed by atoms with van der Waals surface area (Å²) in [6, 6.07) is 11.4. The maximum Gasteiger partial charge on any atom is 0.243 e. The Kier molecular flexibility index (Phi) is 5.86. The minimum atomic E-state index is -3.52. The van der Waals surface area contributed by atoms with Gasteiger partial charge >= 0.3 is 0 Å². The van der Waals surface area contributed by atoms with Crippen molar-refractivity contribution in [1.82, 2.24) is 4.31 Å². The number of carbonyl (C=O) groups is 1. The number of hydrogen-bond acceptors (Lipinski definition) is 3. The highest BCUT2D eigenvalue weighted by atomic mass is 32.2. The first-order valence-corrected chi connectivity index (χ1v) is 10.1. The van der Waals surface area contributed by atoms with Crippen LogP contribution in [-0.2, 0) is 14.8 Å². The number of piperidine rings is 1. The summed E-state index contributed by atoms with van der Waals surface area (Å²) in [5.74, 6) is -2.25. The van der Waals surface area contributed by atoms with E-state index < -0.39 is 21.7 Å². The number of benzene rings is 2. The van der Waals surface area contributed by atoms with E-state index in [-0.39, 0.29) is 28.8 Å². The molecule has 1 aliphatic heterocycles. The van der Waals surface area contributed by atoms with Gasteiger partial charge in [0, 0.05) is 31.3 Å². The topological polar surface area (TPSA) is 66.5 Å². The molecule has 0 saturated carbocycles. The molecule has 0 spiro atoms. The SMILES string of the molecule is O=C(CC1CCN(S(=O)(=O)c2ccccc2)CC1)Nc1ccc(F)c(F)c1. The maximum atomic E-state index is 13.2. The van der Waals surface area contributed by atoms with Gasteiger partial charge in [-0.15, -0.1) is 0 Å². The number of anilines is 1. The van der Waals surface area contributed by atoms with Crippen LogP contribution in [0.4, 0.5) is 14.5 Å². The van der Waals surface area contributed by atoms with E-state index in [4.69, 9.17) is 0 Å². The predicted molar refractivity (Wildman–Crippen MR) is 97.5 cm³/mol. The van der Waals surface area contributed by atoms with Crippen molar-refractivity contribution in [3.8, 4) is 0 Å². The van der Waals surface area contributed by atoms with E-state index in [1.54, 1.807) is 30.3 Å². The van der Waals surface area contributed by atoms with E-state index >= 15 is 0 Å². The summed E-state index contributed by atoms with van der Waals surface area (Å²) in [6.07, 6.45) is 1.34. The quantitative estimate of drug-likeness (QED) is 0.845. The van der Waals surface area contributed by atoms with E-state index in [1.807, 2.05) is 0 Å². The highest BCUT2D eigenvalue weighted by molar-refractivity contribution is 7.89. The second-order valence-corrected chi connectivity index (χ2v) is 8.48. The third-order valence-electron chi connectivity index (χ3n) is 4.63. The molecule has 0 atom stereocenters. The summed E-state index contributed by atoms with van der Waals surface area (Å²) < 4.78 is 52.7. The van der Waals surface area contributed by atoms with Gasteiger partial charge in [-0.25, -0.2) is 17.2 Å². The lowest BCUT2D eigenvalue weighted by atomic mass is 9.94. The van der Waals surface area contributed by atoms with Gasteiger partial charge < -0.3 is 5.32 Å². The Hall–Kier alpha value is -2.32. The smallest absolute Gasteiger partial charge is 0.243 e. The minimum Gasteiger partial charge on any atom is -0.326 e. The fourth-order valence-electron chi connectivity index (χ4n) is 3.14. The Labute approximate surface area is 157 Å². The first-order chi connectivity index (χ1) is 12.9. The third-order valence-corrected chi connectivity index (χ3v) is 6.54. The fourth-order valence-corrected chi connectivity index (χ4v) is 4.63. The Morgan fingerprint density at radius 3 is 2.33 bits per heavy atom. The molecule has 0 radical (unpaired) electrons. The number of hydrogen-bond donors (Lipinski definition) is 1. The molecule has 0 bridgehead atoms. The first kappa shape index (κ1) is 19.4. The number of rotatable bonds is 5. The molecule has 8 heteroatoms. The monoisotopic (exact) mass is 394 g/mol. The summed E-state index contributed by atoms with van der Waals surface area (Å²) in [4.78, 5) is 12.4. The van der Waals surface area contributed by atoms with E-state index in [0.29, 0.717) is 25.9 Å². The van der Waals surface area contributed by atoms with Crippen LogP contribution in [0, 0.1) is 17.6 Å². The van der Waals surface area contributed by atoms with Gasteiger partial charge in [0.05, 0.1) is 4.90 Å². The van der Waals surface area contributed by atoms with Crippen LogP contribution in [0.2, 0.25) is 0 Å². The van der Waals surface area contributed by atoms with Gasteiger partial charge in [0.2, 0.25) is 15.9 Å². The van der Waals surface area contributed by atoms with Gasteiger partial charge in [0.25, 0.3) is 0 Å². The van der Waals surface area contributed by atoms with Gasteiger partial charge in [-0.05, 0) is 43.0 Å². The molecule has 1 heterocycles. The molecule has 5 nitrogen and oxygen atoms in total. The zero-order valence-electron chi connectivity index (χ0n) is 14.6. The van der Waals surface area contributed by atoms with Gasteiger partial charge in [-0.2, -0.15) is 4.31 Å². The number of carbonyl (C=O) groups excluding carboxylic acids is 1. The third kappa shape index (κ3) is 4.70. The van der Waals surface area contributed by atoms with Crippen LogP contribution in [0.1, 0.15) is 19.3 Å². The molecule has 0 aromatic heterocycles. The van der Waals surface area contributed by atoms with Crippen LogP contribution in [0.5, 0.6) is 0 Å². The molecule has 1 saturated heterocycles. The van der Waals surface area contributed by atoms with Gasteiger partial charge in [-0.1, -0.05) is 18.2 Å². The van der Waals surface area contributed by atoms with Crippen LogP contribution >= 0.6 is 0 Å². The van der Waals surface area contributed by atoms with Crippen molar-refractivity contribution in [2.24, 2.45) is 5.92 Å². The van der Waals surface area contributed by atoms with Crippen LogP contribution in [-0.4, -0.2) is 31.7 Å². The molecule has 1 aliphatic rings. The van der Waals surface area contributed by atoms with Gasteiger partial charge in [-0.3, -0.25) is 4.79 Å². The van der Waals surface area contributed by atoms with E-state index in [0.717, 1.165) is 12.1 Å². The molecule has 0 aliphatic carbocycles. The zero-order valence-corrected chi connectivity index (χ0v) is 15.4. The largest absolute Gasteiger partial charge is 0.326 e. The molecular formula is C19H20F2N2O3S. The number of nitrogens with zero attached hydrogens (tertiary/aromatic N) is 1. The Balaban J connectivity index is 1.53. The molecular weight excluding hydrogens is 374 g/mol. The Morgan fingerprint density at radius 2 is 1.70 bits per heavy atom.